The number of hydrogen-bond donors (Lipinski definition) is 7. The molecule has 12 heteroatoms. The quantitative estimate of drug-likeness (QED) is 0.180. The highest BCUT2D eigenvalue weighted by molar-refractivity contribution is 5.93. The second kappa shape index (κ2) is 13.2. The van der Waals surface area contributed by atoms with Crippen LogP contribution in [0.4, 0.5) is 0 Å². The van der Waals surface area contributed by atoms with E-state index in [0.717, 1.165) is 10.9 Å². The highest BCUT2D eigenvalue weighted by Gasteiger charge is 2.27. The maximum atomic E-state index is 12.7. The first-order chi connectivity index (χ1) is 17.0. The predicted molar refractivity (Wildman–Crippen MR) is 132 cm³/mol. The standard InChI is InChI=1S/C24H34N6O6/c1-3-13(2)21(26)23(34)30-17(8-9-19(25)31)22(33)28-12-20(32)29-18(24(35)36)10-14-11-27-16-7-5-4-6-15(14)16/h4-7,11,13,17-18,21,27H,3,8-10,12,26H2,1-2H3,(H2,25,31)(H,28,33)(H,29,32)(H,30,34)(H,35,36). The van der Waals surface area contributed by atoms with Crippen molar-refractivity contribution >= 4 is 40.5 Å². The average molecular weight is 503 g/mol. The van der Waals surface area contributed by atoms with Crippen molar-refractivity contribution in [2.45, 2.75) is 57.7 Å². The van der Waals surface area contributed by atoms with E-state index in [1.165, 1.54) is 0 Å². The van der Waals surface area contributed by atoms with E-state index in [4.69, 9.17) is 11.5 Å². The zero-order valence-corrected chi connectivity index (χ0v) is 20.4. The average Bonchev–Trinajstić information content (AvgIpc) is 3.26. The van der Waals surface area contributed by atoms with Crippen molar-refractivity contribution in [1.29, 1.82) is 0 Å². The van der Waals surface area contributed by atoms with E-state index >= 15 is 0 Å². The van der Waals surface area contributed by atoms with Crippen LogP contribution in [0.25, 0.3) is 10.9 Å². The van der Waals surface area contributed by atoms with E-state index in [0.29, 0.717) is 12.0 Å². The summed E-state index contributed by atoms with van der Waals surface area (Å²) in [5, 5.41) is 17.7. The number of aromatic amines is 1. The van der Waals surface area contributed by atoms with Gasteiger partial charge >= 0.3 is 5.97 Å². The first-order valence-corrected chi connectivity index (χ1v) is 11.7. The largest absolute Gasteiger partial charge is 0.480 e. The fourth-order valence-electron chi connectivity index (χ4n) is 3.59. The highest BCUT2D eigenvalue weighted by atomic mass is 16.4. The van der Waals surface area contributed by atoms with Crippen LogP contribution in [-0.2, 0) is 30.4 Å². The molecule has 2 aromatic rings. The van der Waals surface area contributed by atoms with Crippen LogP contribution in [0.2, 0.25) is 0 Å². The number of carboxylic acid groups (broad SMARTS) is 1. The van der Waals surface area contributed by atoms with Crippen LogP contribution in [0.15, 0.2) is 30.5 Å². The molecule has 0 aliphatic carbocycles. The van der Waals surface area contributed by atoms with Gasteiger partial charge in [0.15, 0.2) is 0 Å². The zero-order chi connectivity index (χ0) is 26.8. The summed E-state index contributed by atoms with van der Waals surface area (Å²) >= 11 is 0. The van der Waals surface area contributed by atoms with Crippen LogP contribution in [0.1, 0.15) is 38.7 Å². The number of carboxylic acids is 1. The Labute approximate surface area is 208 Å². The van der Waals surface area contributed by atoms with Crippen LogP contribution in [0, 0.1) is 5.92 Å². The molecular weight excluding hydrogens is 468 g/mol. The predicted octanol–water partition coefficient (Wildman–Crippen LogP) is -0.480. The summed E-state index contributed by atoms with van der Waals surface area (Å²) in [5.41, 5.74) is 12.6. The Morgan fingerprint density at radius 2 is 1.75 bits per heavy atom. The number of primary amides is 1. The number of benzene rings is 1. The summed E-state index contributed by atoms with van der Waals surface area (Å²) in [6.45, 7) is 3.13. The molecule has 0 saturated heterocycles. The van der Waals surface area contributed by atoms with Gasteiger partial charge in [-0.25, -0.2) is 4.79 Å². The number of hydrogen-bond acceptors (Lipinski definition) is 6. The number of carbonyl (C=O) groups is 5. The van der Waals surface area contributed by atoms with E-state index in [9.17, 15) is 29.1 Å². The van der Waals surface area contributed by atoms with E-state index in [-0.39, 0.29) is 25.2 Å². The maximum Gasteiger partial charge on any atom is 0.326 e. The molecule has 0 saturated carbocycles. The minimum absolute atomic E-state index is 0.0316. The summed E-state index contributed by atoms with van der Waals surface area (Å²) in [6.07, 6.45) is 2.11. The second-order valence-electron chi connectivity index (χ2n) is 8.72. The lowest BCUT2D eigenvalue weighted by Gasteiger charge is -2.23. The molecule has 36 heavy (non-hydrogen) atoms. The summed E-state index contributed by atoms with van der Waals surface area (Å²) in [6, 6.07) is 4.14. The number of amides is 4. The smallest absolute Gasteiger partial charge is 0.326 e. The lowest BCUT2D eigenvalue weighted by atomic mass is 9.98. The summed E-state index contributed by atoms with van der Waals surface area (Å²) in [4.78, 5) is 63.5. The third kappa shape index (κ3) is 8.08. The van der Waals surface area contributed by atoms with Gasteiger partial charge in [0, 0.05) is 29.9 Å². The number of para-hydroxylation sites is 1. The fourth-order valence-corrected chi connectivity index (χ4v) is 3.59. The number of carbonyl (C=O) groups excluding carboxylic acids is 4. The van der Waals surface area contributed by atoms with Gasteiger partial charge in [-0.2, -0.15) is 0 Å². The number of nitrogens with one attached hydrogen (secondary N) is 4. The van der Waals surface area contributed by atoms with E-state index in [2.05, 4.69) is 20.9 Å². The Morgan fingerprint density at radius 3 is 2.39 bits per heavy atom. The Bertz CT molecular complexity index is 1100. The summed E-state index contributed by atoms with van der Waals surface area (Å²) in [7, 11) is 0. The summed E-state index contributed by atoms with van der Waals surface area (Å²) < 4.78 is 0. The first-order valence-electron chi connectivity index (χ1n) is 11.7. The molecule has 2 rings (SSSR count). The van der Waals surface area contributed by atoms with Gasteiger partial charge in [-0.15, -0.1) is 0 Å². The Balaban J connectivity index is 1.98. The van der Waals surface area contributed by atoms with Gasteiger partial charge in [0.05, 0.1) is 12.6 Å². The fraction of sp³-hybridized carbons (Fsp3) is 0.458. The van der Waals surface area contributed by atoms with Crippen molar-refractivity contribution in [2.75, 3.05) is 6.54 Å². The van der Waals surface area contributed by atoms with Gasteiger partial charge in [-0.05, 0) is 24.0 Å². The molecule has 9 N–H and O–H groups in total. The van der Waals surface area contributed by atoms with Gasteiger partial charge < -0.3 is 37.5 Å². The number of aromatic nitrogens is 1. The molecule has 1 aromatic heterocycles. The Kier molecular flexibility index (Phi) is 10.4. The molecular formula is C24H34N6O6. The molecule has 4 unspecified atom stereocenters. The number of rotatable bonds is 14. The van der Waals surface area contributed by atoms with Crippen LogP contribution < -0.4 is 27.4 Å². The third-order valence-electron chi connectivity index (χ3n) is 6.03. The van der Waals surface area contributed by atoms with Crippen molar-refractivity contribution in [1.82, 2.24) is 20.9 Å². The highest BCUT2D eigenvalue weighted by Crippen LogP contribution is 2.19. The van der Waals surface area contributed by atoms with Crippen LogP contribution in [-0.4, -0.2) is 64.4 Å². The molecule has 0 aliphatic heterocycles. The third-order valence-corrected chi connectivity index (χ3v) is 6.03. The van der Waals surface area contributed by atoms with Gasteiger partial charge in [-0.3, -0.25) is 19.2 Å². The van der Waals surface area contributed by atoms with Crippen molar-refractivity contribution in [3.63, 3.8) is 0 Å². The Morgan fingerprint density at radius 1 is 1.06 bits per heavy atom. The van der Waals surface area contributed by atoms with E-state index in [1.54, 1.807) is 13.1 Å². The zero-order valence-electron chi connectivity index (χ0n) is 20.4. The number of aliphatic carboxylic acids is 1. The van der Waals surface area contributed by atoms with Gasteiger partial charge in [0.1, 0.15) is 12.1 Å². The lowest BCUT2D eigenvalue weighted by molar-refractivity contribution is -0.141. The molecule has 1 heterocycles. The molecule has 1 aromatic carbocycles. The number of H-pyrrole nitrogens is 1. The molecule has 0 bridgehead atoms. The first kappa shape index (κ1) is 28.3. The Hall–Kier alpha value is -3.93. The van der Waals surface area contributed by atoms with E-state index < -0.39 is 54.3 Å². The SMILES string of the molecule is CCC(C)C(N)C(=O)NC(CCC(N)=O)C(=O)NCC(=O)NC(Cc1c[nH]c2ccccc12)C(=O)O. The van der Waals surface area contributed by atoms with Gasteiger partial charge in [0.2, 0.25) is 23.6 Å². The molecule has 12 nitrogen and oxygen atoms in total. The molecule has 0 fully saturated rings. The monoisotopic (exact) mass is 502 g/mol. The summed E-state index contributed by atoms with van der Waals surface area (Å²) in [5.74, 6) is -4.05. The number of nitrogens with two attached hydrogens (primary N) is 2. The molecule has 0 spiro atoms. The molecule has 196 valence electrons. The molecule has 0 aliphatic rings. The van der Waals surface area contributed by atoms with Crippen LogP contribution in [0.3, 0.4) is 0 Å². The van der Waals surface area contributed by atoms with Crippen LogP contribution in [0.5, 0.6) is 0 Å². The minimum Gasteiger partial charge on any atom is -0.480 e. The van der Waals surface area contributed by atoms with E-state index in [1.807, 2.05) is 31.2 Å². The number of fused-ring (bicyclic) bond motifs is 1. The van der Waals surface area contributed by atoms with Crippen molar-refractivity contribution in [3.8, 4) is 0 Å². The topological polar surface area (TPSA) is 209 Å². The minimum atomic E-state index is -1.23. The van der Waals surface area contributed by atoms with Crippen LogP contribution >= 0.6 is 0 Å². The normalized spacial score (nSPS) is 14.3. The molecule has 4 atom stereocenters. The van der Waals surface area contributed by atoms with Gasteiger partial charge in [-0.1, -0.05) is 38.5 Å². The molecule has 0 radical (unpaired) electrons. The second-order valence-corrected chi connectivity index (χ2v) is 8.72. The lowest BCUT2D eigenvalue weighted by Crippen LogP contribution is -2.54. The van der Waals surface area contributed by atoms with Gasteiger partial charge in [0.25, 0.3) is 0 Å². The van der Waals surface area contributed by atoms with Crippen molar-refractivity contribution < 1.29 is 29.1 Å². The van der Waals surface area contributed by atoms with Crippen molar-refractivity contribution in [2.24, 2.45) is 17.4 Å². The molecule has 4 amide bonds. The maximum absolute atomic E-state index is 12.7. The van der Waals surface area contributed by atoms with Crippen molar-refractivity contribution in [3.05, 3.63) is 36.0 Å².